The number of anilines is 1. The first-order valence-electron chi connectivity index (χ1n) is 8.96. The Balaban J connectivity index is 1.58. The van der Waals surface area contributed by atoms with Crippen LogP contribution in [-0.4, -0.2) is 26.4 Å². The molecule has 0 bridgehead atoms. The van der Waals surface area contributed by atoms with E-state index in [0.717, 1.165) is 41.4 Å². The van der Waals surface area contributed by atoms with Gasteiger partial charge in [-0.1, -0.05) is 19.1 Å². The van der Waals surface area contributed by atoms with Gasteiger partial charge in [-0.2, -0.15) is 15.9 Å². The second kappa shape index (κ2) is 6.42. The van der Waals surface area contributed by atoms with Crippen molar-refractivity contribution in [1.82, 2.24) is 19.8 Å². The van der Waals surface area contributed by atoms with E-state index in [4.69, 9.17) is 5.10 Å². The highest BCUT2D eigenvalue weighted by Crippen LogP contribution is 2.38. The van der Waals surface area contributed by atoms with Crippen LogP contribution in [0.5, 0.6) is 0 Å². The van der Waals surface area contributed by atoms with Crippen molar-refractivity contribution in [3.63, 3.8) is 0 Å². The highest BCUT2D eigenvalue weighted by Gasteiger charge is 2.32. The van der Waals surface area contributed by atoms with Gasteiger partial charge in [0.25, 0.3) is 0 Å². The van der Waals surface area contributed by atoms with E-state index < -0.39 is 0 Å². The van der Waals surface area contributed by atoms with Gasteiger partial charge in [-0.3, -0.25) is 0 Å². The van der Waals surface area contributed by atoms with Gasteiger partial charge in [-0.25, -0.2) is 4.39 Å². The van der Waals surface area contributed by atoms with Crippen LogP contribution in [0.3, 0.4) is 0 Å². The Kier molecular flexibility index (Phi) is 3.89. The first kappa shape index (κ1) is 16.4. The third-order valence-corrected chi connectivity index (χ3v) is 5.75. The molecule has 27 heavy (non-hydrogen) atoms. The molecule has 1 aliphatic rings. The van der Waals surface area contributed by atoms with Crippen molar-refractivity contribution in [3.05, 3.63) is 64.6 Å². The summed E-state index contributed by atoms with van der Waals surface area (Å²) in [6.45, 7) is 3.11. The molecule has 5 rings (SSSR count). The molecule has 0 N–H and O–H groups in total. The smallest absolute Gasteiger partial charge is 0.186 e. The lowest BCUT2D eigenvalue weighted by Crippen LogP contribution is -2.25. The first-order chi connectivity index (χ1) is 13.2. The quantitative estimate of drug-likeness (QED) is 0.523. The summed E-state index contributed by atoms with van der Waals surface area (Å²) in [5.41, 5.74) is 2.71. The summed E-state index contributed by atoms with van der Waals surface area (Å²) in [6, 6.07) is 12.9. The minimum absolute atomic E-state index is 0.113. The normalized spacial score (nSPS) is 19.9. The molecule has 1 aliphatic heterocycles. The Morgan fingerprint density at radius 3 is 2.89 bits per heavy atom. The molecular formula is C20H18FN5S. The number of nitrogens with zero attached hydrogens (tertiary/aromatic N) is 5. The zero-order valence-corrected chi connectivity index (χ0v) is 15.6. The van der Waals surface area contributed by atoms with Crippen LogP contribution in [0, 0.1) is 11.7 Å². The maximum Gasteiger partial charge on any atom is 0.186 e. The van der Waals surface area contributed by atoms with Crippen LogP contribution in [0.1, 0.15) is 24.9 Å². The minimum atomic E-state index is -0.200. The second-order valence-corrected chi connectivity index (χ2v) is 7.84. The van der Waals surface area contributed by atoms with Gasteiger partial charge < -0.3 is 4.90 Å². The topological polar surface area (TPSA) is 46.3 Å². The highest BCUT2D eigenvalue weighted by atomic mass is 32.1. The van der Waals surface area contributed by atoms with Crippen LogP contribution in [0.4, 0.5) is 10.2 Å². The number of benzene rings is 1. The van der Waals surface area contributed by atoms with Gasteiger partial charge in [-0.05, 0) is 53.6 Å². The van der Waals surface area contributed by atoms with Crippen molar-refractivity contribution in [2.75, 3.05) is 11.4 Å². The van der Waals surface area contributed by atoms with Crippen LogP contribution in [-0.2, 0) is 0 Å². The number of hydrogen-bond acceptors (Lipinski definition) is 5. The van der Waals surface area contributed by atoms with Crippen molar-refractivity contribution in [2.24, 2.45) is 5.92 Å². The lowest BCUT2D eigenvalue weighted by molar-refractivity contribution is 0.602. The molecule has 2 unspecified atom stereocenters. The molecule has 1 fully saturated rings. The number of fused-ring (bicyclic) bond motifs is 1. The maximum atomic E-state index is 13.8. The Hall–Kier alpha value is -2.80. The Bertz CT molecular complexity index is 1090. The fraction of sp³-hybridized carbons (Fsp3) is 0.250. The largest absolute Gasteiger partial charge is 0.348 e. The van der Waals surface area contributed by atoms with E-state index in [1.165, 1.54) is 6.07 Å². The monoisotopic (exact) mass is 379 g/mol. The van der Waals surface area contributed by atoms with Crippen LogP contribution < -0.4 is 4.90 Å². The molecule has 3 aromatic heterocycles. The summed E-state index contributed by atoms with van der Waals surface area (Å²) < 4.78 is 15.6. The molecule has 7 heteroatoms. The van der Waals surface area contributed by atoms with E-state index in [1.54, 1.807) is 28.0 Å². The molecule has 0 amide bonds. The summed E-state index contributed by atoms with van der Waals surface area (Å²) in [5.74, 6) is 1.90. The lowest BCUT2D eigenvalue weighted by Gasteiger charge is -2.26. The summed E-state index contributed by atoms with van der Waals surface area (Å²) in [4.78, 5) is 2.26. The second-order valence-electron chi connectivity index (χ2n) is 7.06. The van der Waals surface area contributed by atoms with E-state index in [0.29, 0.717) is 5.92 Å². The lowest BCUT2D eigenvalue weighted by atomic mass is 10.0. The molecule has 2 atom stereocenters. The zero-order valence-electron chi connectivity index (χ0n) is 14.8. The molecule has 136 valence electrons. The Labute approximate surface area is 160 Å². The average molecular weight is 379 g/mol. The van der Waals surface area contributed by atoms with Crippen molar-refractivity contribution in [3.8, 4) is 11.4 Å². The summed E-state index contributed by atoms with van der Waals surface area (Å²) >= 11 is 1.62. The zero-order chi connectivity index (χ0) is 18.4. The van der Waals surface area contributed by atoms with E-state index in [1.807, 2.05) is 35.0 Å². The van der Waals surface area contributed by atoms with Crippen molar-refractivity contribution < 1.29 is 4.39 Å². The molecule has 4 aromatic rings. The minimum Gasteiger partial charge on any atom is -0.348 e. The first-order valence-corrected chi connectivity index (χ1v) is 9.90. The van der Waals surface area contributed by atoms with E-state index in [-0.39, 0.29) is 11.9 Å². The summed E-state index contributed by atoms with van der Waals surface area (Å²) in [5, 5.41) is 17.4. The van der Waals surface area contributed by atoms with Gasteiger partial charge in [0, 0.05) is 17.5 Å². The van der Waals surface area contributed by atoms with Crippen molar-refractivity contribution in [2.45, 2.75) is 19.4 Å². The van der Waals surface area contributed by atoms with Crippen molar-refractivity contribution in [1.29, 1.82) is 0 Å². The van der Waals surface area contributed by atoms with Gasteiger partial charge in [-0.15, -0.1) is 15.3 Å². The third kappa shape index (κ3) is 2.88. The Morgan fingerprint density at radius 2 is 2.07 bits per heavy atom. The molecule has 0 spiro atoms. The third-order valence-electron chi connectivity index (χ3n) is 5.07. The SMILES string of the molecule is CC1CC(c2cccc(F)c2)N(c2ccc3nnc(-c4ccsc4)n3n2)C1. The van der Waals surface area contributed by atoms with Crippen molar-refractivity contribution >= 4 is 22.8 Å². The van der Waals surface area contributed by atoms with Crippen LogP contribution in [0.25, 0.3) is 17.0 Å². The number of aromatic nitrogens is 4. The fourth-order valence-corrected chi connectivity index (χ4v) is 4.47. The molecule has 1 aromatic carbocycles. The maximum absolute atomic E-state index is 13.8. The van der Waals surface area contributed by atoms with Gasteiger partial charge >= 0.3 is 0 Å². The predicted molar refractivity (Wildman–Crippen MR) is 104 cm³/mol. The molecular weight excluding hydrogens is 361 g/mol. The predicted octanol–water partition coefficient (Wildman–Crippen LogP) is 4.58. The van der Waals surface area contributed by atoms with Gasteiger partial charge in [0.1, 0.15) is 11.6 Å². The van der Waals surface area contributed by atoms with E-state index >= 15 is 0 Å². The molecule has 0 aliphatic carbocycles. The molecule has 0 saturated carbocycles. The van der Waals surface area contributed by atoms with E-state index in [9.17, 15) is 4.39 Å². The molecule has 0 radical (unpaired) electrons. The average Bonchev–Trinajstić information content (AvgIpc) is 3.40. The standard InChI is InChI=1S/C20H18FN5S/c1-13-9-17(14-3-2-4-16(21)10-14)25(11-13)19-6-5-18-22-23-20(26(18)24-19)15-7-8-27-12-15/h2-8,10,12-13,17H,9,11H2,1H3. The number of halogens is 1. The highest BCUT2D eigenvalue weighted by molar-refractivity contribution is 7.08. The summed E-state index contributed by atoms with van der Waals surface area (Å²) in [7, 11) is 0. The molecule has 5 nitrogen and oxygen atoms in total. The number of hydrogen-bond donors (Lipinski definition) is 0. The summed E-state index contributed by atoms with van der Waals surface area (Å²) in [6.07, 6.45) is 0.975. The van der Waals surface area contributed by atoms with Crippen LogP contribution >= 0.6 is 11.3 Å². The number of thiophene rings is 1. The fourth-order valence-electron chi connectivity index (χ4n) is 3.83. The van der Waals surface area contributed by atoms with Crippen LogP contribution in [0.2, 0.25) is 0 Å². The van der Waals surface area contributed by atoms with Crippen LogP contribution in [0.15, 0.2) is 53.2 Å². The van der Waals surface area contributed by atoms with Gasteiger partial charge in [0.15, 0.2) is 11.5 Å². The van der Waals surface area contributed by atoms with Gasteiger partial charge in [0.05, 0.1) is 6.04 Å². The molecule has 4 heterocycles. The van der Waals surface area contributed by atoms with Gasteiger partial charge in [0.2, 0.25) is 0 Å². The number of rotatable bonds is 3. The Morgan fingerprint density at radius 1 is 1.15 bits per heavy atom. The van der Waals surface area contributed by atoms with E-state index in [2.05, 4.69) is 22.0 Å². The molecule has 1 saturated heterocycles.